The van der Waals surface area contributed by atoms with Crippen LogP contribution in [-0.2, 0) is 16.1 Å². The van der Waals surface area contributed by atoms with E-state index in [1.807, 2.05) is 37.3 Å². The molecule has 0 spiro atoms. The van der Waals surface area contributed by atoms with Crippen LogP contribution in [-0.4, -0.2) is 50.5 Å². The maximum atomic E-state index is 12.9. The average molecular weight is 467 g/mol. The number of hydrogen-bond donors (Lipinski definition) is 2. The van der Waals surface area contributed by atoms with Gasteiger partial charge in [-0.25, -0.2) is 4.68 Å². The highest BCUT2D eigenvalue weighted by atomic mass is 32.2. The van der Waals surface area contributed by atoms with E-state index in [4.69, 9.17) is 4.74 Å². The zero-order chi connectivity index (χ0) is 23.0. The minimum atomic E-state index is -0.254. The molecule has 10 heteroatoms. The molecule has 2 atom stereocenters. The van der Waals surface area contributed by atoms with Crippen LogP contribution >= 0.6 is 11.8 Å². The number of rotatable bonds is 9. The van der Waals surface area contributed by atoms with Crippen LogP contribution in [0.1, 0.15) is 41.7 Å². The smallest absolute Gasteiger partial charge is 0.253 e. The van der Waals surface area contributed by atoms with Gasteiger partial charge in [0, 0.05) is 6.61 Å². The van der Waals surface area contributed by atoms with Crippen LogP contribution in [0, 0.1) is 0 Å². The molecular weight excluding hydrogens is 440 g/mol. The molecule has 0 aliphatic carbocycles. The van der Waals surface area contributed by atoms with Crippen LogP contribution in [0.25, 0.3) is 0 Å². The first kappa shape index (κ1) is 22.9. The molecule has 0 saturated carbocycles. The van der Waals surface area contributed by atoms with Crippen molar-refractivity contribution >= 4 is 29.3 Å². The highest BCUT2D eigenvalue weighted by Gasteiger charge is 2.20. The first-order chi connectivity index (χ1) is 16.1. The van der Waals surface area contributed by atoms with Gasteiger partial charge in [0.1, 0.15) is 0 Å². The topological polar surface area (TPSA) is 111 Å². The monoisotopic (exact) mass is 466 g/mol. The summed E-state index contributed by atoms with van der Waals surface area (Å²) in [4.78, 5) is 25.5. The van der Waals surface area contributed by atoms with Gasteiger partial charge in [0.25, 0.3) is 5.91 Å². The summed E-state index contributed by atoms with van der Waals surface area (Å²) < 4.78 is 7.30. The molecule has 3 aromatic rings. The summed E-state index contributed by atoms with van der Waals surface area (Å²) >= 11 is 1.25. The van der Waals surface area contributed by atoms with Crippen molar-refractivity contribution < 1.29 is 14.3 Å². The normalized spacial score (nSPS) is 16.3. The molecular formula is C23H26N6O3S. The maximum absolute atomic E-state index is 12.9. The van der Waals surface area contributed by atoms with Crippen molar-refractivity contribution in [3.8, 4) is 0 Å². The molecule has 1 aromatic heterocycles. The van der Waals surface area contributed by atoms with E-state index in [0.29, 0.717) is 23.0 Å². The Labute approximate surface area is 196 Å². The van der Waals surface area contributed by atoms with Crippen molar-refractivity contribution in [3.63, 3.8) is 0 Å². The Morgan fingerprint density at radius 2 is 1.97 bits per heavy atom. The van der Waals surface area contributed by atoms with Gasteiger partial charge in [-0.05, 0) is 47.9 Å². The highest BCUT2D eigenvalue weighted by molar-refractivity contribution is 7.99. The molecule has 1 saturated heterocycles. The van der Waals surface area contributed by atoms with Crippen molar-refractivity contribution in [1.29, 1.82) is 0 Å². The van der Waals surface area contributed by atoms with Crippen LogP contribution in [0.2, 0.25) is 0 Å². The Morgan fingerprint density at radius 3 is 2.76 bits per heavy atom. The number of thioether (sulfide) groups is 1. The second-order valence-electron chi connectivity index (χ2n) is 7.77. The molecule has 33 heavy (non-hydrogen) atoms. The molecule has 1 aliphatic heterocycles. The molecule has 1 fully saturated rings. The van der Waals surface area contributed by atoms with E-state index in [9.17, 15) is 9.59 Å². The lowest BCUT2D eigenvalue weighted by molar-refractivity contribution is -0.113. The number of nitrogens with zero attached hydrogens (tertiary/aromatic N) is 4. The zero-order valence-electron chi connectivity index (χ0n) is 18.3. The van der Waals surface area contributed by atoms with Crippen LogP contribution in [0.15, 0.2) is 59.8 Å². The van der Waals surface area contributed by atoms with Gasteiger partial charge >= 0.3 is 0 Å². The minimum Gasteiger partial charge on any atom is -0.376 e. The molecule has 2 N–H and O–H groups in total. The van der Waals surface area contributed by atoms with Crippen molar-refractivity contribution in [2.75, 3.05) is 17.7 Å². The van der Waals surface area contributed by atoms with Gasteiger partial charge in [-0.1, -0.05) is 54.2 Å². The lowest BCUT2D eigenvalue weighted by atomic mass is 10.1. The third-order valence-corrected chi connectivity index (χ3v) is 6.28. The van der Waals surface area contributed by atoms with E-state index in [1.54, 1.807) is 28.9 Å². The van der Waals surface area contributed by atoms with Crippen molar-refractivity contribution in [2.45, 2.75) is 43.6 Å². The molecule has 0 unspecified atom stereocenters. The van der Waals surface area contributed by atoms with Gasteiger partial charge in [-0.15, -0.1) is 5.10 Å². The lowest BCUT2D eigenvalue weighted by Crippen LogP contribution is -2.28. The number of carbonyl (C=O) groups excluding carboxylic acids is 2. The fourth-order valence-corrected chi connectivity index (χ4v) is 4.29. The van der Waals surface area contributed by atoms with Gasteiger partial charge in [0.15, 0.2) is 0 Å². The van der Waals surface area contributed by atoms with Gasteiger partial charge in [-0.3, -0.25) is 9.59 Å². The molecule has 0 bridgehead atoms. The van der Waals surface area contributed by atoms with Gasteiger partial charge < -0.3 is 15.4 Å². The van der Waals surface area contributed by atoms with E-state index in [-0.39, 0.29) is 29.7 Å². The largest absolute Gasteiger partial charge is 0.376 e. The van der Waals surface area contributed by atoms with Gasteiger partial charge in [0.05, 0.1) is 35.7 Å². The van der Waals surface area contributed by atoms with Crippen LogP contribution in [0.3, 0.4) is 0 Å². The zero-order valence-corrected chi connectivity index (χ0v) is 19.1. The summed E-state index contributed by atoms with van der Waals surface area (Å²) in [6.45, 7) is 3.25. The number of nitrogens with one attached hydrogen (secondary N) is 2. The number of amides is 2. The Kier molecular flexibility index (Phi) is 7.69. The van der Waals surface area contributed by atoms with Crippen molar-refractivity contribution in [2.24, 2.45) is 0 Å². The standard InChI is InChI=1S/C23H26N6O3S/c1-16(17-8-3-2-4-9-17)24-22(31)19-11-5-6-12-20(19)25-21(30)15-33-23-26-27-28-29(23)14-18-10-7-13-32-18/h2-6,8-9,11-12,16,18H,7,10,13-15H2,1H3,(H,24,31)(H,25,30)/t16-,18-/m1/s1. The van der Waals surface area contributed by atoms with Gasteiger partial charge in [0.2, 0.25) is 11.1 Å². The van der Waals surface area contributed by atoms with E-state index in [2.05, 4.69) is 26.2 Å². The number of anilines is 1. The molecule has 172 valence electrons. The average Bonchev–Trinajstić information content (AvgIpc) is 3.51. The van der Waals surface area contributed by atoms with E-state index in [1.165, 1.54) is 11.8 Å². The van der Waals surface area contributed by atoms with E-state index >= 15 is 0 Å². The molecule has 9 nitrogen and oxygen atoms in total. The quantitative estimate of drug-likeness (QED) is 0.466. The van der Waals surface area contributed by atoms with E-state index < -0.39 is 0 Å². The number of tetrazole rings is 1. The number of carbonyl (C=O) groups is 2. The second kappa shape index (κ2) is 11.1. The fourth-order valence-electron chi connectivity index (χ4n) is 3.60. The third-order valence-electron chi connectivity index (χ3n) is 5.32. The predicted molar refractivity (Wildman–Crippen MR) is 125 cm³/mol. The van der Waals surface area contributed by atoms with Crippen molar-refractivity contribution in [1.82, 2.24) is 25.5 Å². The van der Waals surface area contributed by atoms with Crippen LogP contribution in [0.5, 0.6) is 0 Å². The summed E-state index contributed by atoms with van der Waals surface area (Å²) in [5.74, 6) is -0.388. The minimum absolute atomic E-state index is 0.102. The molecule has 2 heterocycles. The number of hydrogen-bond acceptors (Lipinski definition) is 7. The Balaban J connectivity index is 1.34. The fraction of sp³-hybridized carbons (Fsp3) is 0.348. The molecule has 2 aromatic carbocycles. The number of ether oxygens (including phenoxy) is 1. The van der Waals surface area contributed by atoms with Gasteiger partial charge in [-0.2, -0.15) is 0 Å². The summed E-state index contributed by atoms with van der Waals surface area (Å²) in [5.41, 5.74) is 1.87. The first-order valence-electron chi connectivity index (χ1n) is 10.9. The first-order valence-corrected chi connectivity index (χ1v) is 11.8. The molecule has 4 rings (SSSR count). The summed E-state index contributed by atoms with van der Waals surface area (Å²) in [7, 11) is 0. The Morgan fingerprint density at radius 1 is 1.18 bits per heavy atom. The second-order valence-corrected chi connectivity index (χ2v) is 8.71. The SMILES string of the molecule is C[C@@H](NC(=O)c1ccccc1NC(=O)CSc1nnnn1C[C@H]1CCCO1)c1ccccc1. The highest BCUT2D eigenvalue weighted by Crippen LogP contribution is 2.21. The maximum Gasteiger partial charge on any atom is 0.253 e. The molecule has 2 amide bonds. The Bertz CT molecular complexity index is 1080. The Hall–Kier alpha value is -3.24. The predicted octanol–water partition coefficient (Wildman–Crippen LogP) is 3.07. The molecule has 1 aliphatic rings. The van der Waals surface area contributed by atoms with E-state index in [0.717, 1.165) is 25.0 Å². The third kappa shape index (κ3) is 6.17. The van der Waals surface area contributed by atoms with Crippen LogP contribution in [0.4, 0.5) is 5.69 Å². The number of para-hydroxylation sites is 1. The summed E-state index contributed by atoms with van der Waals surface area (Å²) in [6.07, 6.45) is 2.12. The number of aromatic nitrogens is 4. The van der Waals surface area contributed by atoms with Crippen LogP contribution < -0.4 is 10.6 Å². The summed E-state index contributed by atoms with van der Waals surface area (Å²) in [5, 5.41) is 18.1. The van der Waals surface area contributed by atoms with Crippen molar-refractivity contribution in [3.05, 3.63) is 65.7 Å². The molecule has 0 radical (unpaired) electrons. The number of benzene rings is 2. The lowest BCUT2D eigenvalue weighted by Gasteiger charge is -2.16. The summed E-state index contributed by atoms with van der Waals surface area (Å²) in [6, 6.07) is 16.5.